The molecule has 32 heavy (non-hydrogen) atoms. The van der Waals surface area contributed by atoms with Gasteiger partial charge in [0.1, 0.15) is 0 Å². The molecule has 0 spiro atoms. The Morgan fingerprint density at radius 3 is 2.31 bits per heavy atom. The third-order valence-corrected chi connectivity index (χ3v) is 6.30. The van der Waals surface area contributed by atoms with Gasteiger partial charge in [-0.2, -0.15) is 5.10 Å². The Balaban J connectivity index is 1.36. The maximum atomic E-state index is 12.7. The van der Waals surface area contributed by atoms with Crippen molar-refractivity contribution in [3.05, 3.63) is 81.6 Å². The number of aromatic nitrogens is 2. The fourth-order valence-electron chi connectivity index (χ4n) is 3.71. The number of carbonyl (C=O) groups is 2. The van der Waals surface area contributed by atoms with Crippen LogP contribution in [0.5, 0.6) is 0 Å². The fraction of sp³-hybridized carbons (Fsp3) is 0.292. The Kier molecular flexibility index (Phi) is 6.72. The lowest BCUT2D eigenvalue weighted by atomic mass is 10.1. The molecule has 0 bridgehead atoms. The molecule has 7 nitrogen and oxygen atoms in total. The second kappa shape index (κ2) is 9.67. The van der Waals surface area contributed by atoms with E-state index in [-0.39, 0.29) is 11.8 Å². The van der Waals surface area contributed by atoms with Crippen LogP contribution in [0.3, 0.4) is 0 Å². The number of likely N-dealkylation sites (N-methyl/N-ethyl adjacent to an activating group) is 1. The Hall–Kier alpha value is -2.97. The van der Waals surface area contributed by atoms with Crippen molar-refractivity contribution < 1.29 is 9.59 Å². The van der Waals surface area contributed by atoms with Crippen molar-refractivity contribution in [3.63, 3.8) is 0 Å². The SMILES string of the molecule is Cc1c(C(=O)NCc2ccc(C(=O)N3CCN(C)CC3)cc2)cnn1-c1ccc(Br)cc1. The third-order valence-electron chi connectivity index (χ3n) is 5.77. The largest absolute Gasteiger partial charge is 0.348 e. The summed E-state index contributed by atoms with van der Waals surface area (Å²) in [6, 6.07) is 15.2. The summed E-state index contributed by atoms with van der Waals surface area (Å²) in [4.78, 5) is 29.5. The van der Waals surface area contributed by atoms with Crippen molar-refractivity contribution in [3.8, 4) is 5.69 Å². The number of amides is 2. The van der Waals surface area contributed by atoms with Crippen LogP contribution >= 0.6 is 15.9 Å². The van der Waals surface area contributed by atoms with Crippen molar-refractivity contribution in [1.29, 1.82) is 0 Å². The zero-order valence-electron chi connectivity index (χ0n) is 18.2. The van der Waals surface area contributed by atoms with E-state index in [1.54, 1.807) is 10.9 Å². The van der Waals surface area contributed by atoms with Crippen LogP contribution < -0.4 is 5.32 Å². The van der Waals surface area contributed by atoms with Gasteiger partial charge in [-0.25, -0.2) is 4.68 Å². The van der Waals surface area contributed by atoms with E-state index < -0.39 is 0 Å². The van der Waals surface area contributed by atoms with Crippen molar-refractivity contribution in [2.24, 2.45) is 0 Å². The summed E-state index contributed by atoms with van der Waals surface area (Å²) in [7, 11) is 2.07. The van der Waals surface area contributed by atoms with E-state index in [1.807, 2.05) is 60.4 Å². The molecule has 1 fully saturated rings. The molecule has 3 aromatic rings. The topological polar surface area (TPSA) is 70.5 Å². The second-order valence-corrected chi connectivity index (χ2v) is 8.92. The second-order valence-electron chi connectivity index (χ2n) is 8.01. The van der Waals surface area contributed by atoms with Crippen molar-refractivity contribution in [2.75, 3.05) is 33.2 Å². The van der Waals surface area contributed by atoms with Gasteiger partial charge in [0.15, 0.2) is 0 Å². The first kappa shape index (κ1) is 22.2. The molecule has 0 atom stereocenters. The van der Waals surface area contributed by atoms with Crippen LogP contribution in [0.15, 0.2) is 59.2 Å². The zero-order valence-corrected chi connectivity index (χ0v) is 19.8. The average Bonchev–Trinajstić information content (AvgIpc) is 3.20. The maximum Gasteiger partial charge on any atom is 0.255 e. The number of benzene rings is 2. The normalized spacial score (nSPS) is 14.4. The Labute approximate surface area is 196 Å². The molecule has 8 heteroatoms. The number of halogens is 1. The van der Waals surface area contributed by atoms with Crippen LogP contribution in [0, 0.1) is 6.92 Å². The number of carbonyl (C=O) groups excluding carboxylic acids is 2. The van der Waals surface area contributed by atoms with Gasteiger partial charge in [0.25, 0.3) is 11.8 Å². The van der Waals surface area contributed by atoms with Gasteiger partial charge in [0.2, 0.25) is 0 Å². The van der Waals surface area contributed by atoms with Crippen LogP contribution in [0.1, 0.15) is 32.0 Å². The molecular formula is C24H26BrN5O2. The van der Waals surface area contributed by atoms with Gasteiger partial charge in [-0.1, -0.05) is 28.1 Å². The lowest BCUT2D eigenvalue weighted by molar-refractivity contribution is 0.0664. The lowest BCUT2D eigenvalue weighted by Crippen LogP contribution is -2.47. The number of rotatable bonds is 5. The summed E-state index contributed by atoms with van der Waals surface area (Å²) in [5, 5.41) is 7.31. The molecule has 1 N–H and O–H groups in total. The van der Waals surface area contributed by atoms with Crippen LogP contribution in [-0.4, -0.2) is 64.6 Å². The molecule has 0 radical (unpaired) electrons. The smallest absolute Gasteiger partial charge is 0.255 e. The van der Waals surface area contributed by atoms with Crippen LogP contribution in [0.4, 0.5) is 0 Å². The van der Waals surface area contributed by atoms with E-state index in [1.165, 1.54) is 0 Å². The Morgan fingerprint density at radius 1 is 1.00 bits per heavy atom. The molecule has 0 aliphatic carbocycles. The molecule has 2 heterocycles. The highest BCUT2D eigenvalue weighted by Crippen LogP contribution is 2.17. The molecule has 0 unspecified atom stereocenters. The van der Waals surface area contributed by atoms with Gasteiger partial charge >= 0.3 is 0 Å². The fourth-order valence-corrected chi connectivity index (χ4v) is 3.97. The average molecular weight is 496 g/mol. The van der Waals surface area contributed by atoms with Gasteiger partial charge < -0.3 is 15.1 Å². The quantitative estimate of drug-likeness (QED) is 0.589. The summed E-state index contributed by atoms with van der Waals surface area (Å²) >= 11 is 3.43. The van der Waals surface area contributed by atoms with E-state index in [2.05, 4.69) is 38.3 Å². The minimum absolute atomic E-state index is 0.0599. The molecule has 1 aliphatic rings. The standard InChI is InChI=1S/C24H26BrN5O2/c1-17-22(16-27-30(17)21-9-7-20(25)8-10-21)23(31)26-15-18-3-5-19(6-4-18)24(32)29-13-11-28(2)12-14-29/h3-10,16H,11-15H2,1-2H3,(H,26,31). The first-order valence-corrected chi connectivity index (χ1v) is 11.4. The van der Waals surface area contributed by atoms with Crippen molar-refractivity contribution in [1.82, 2.24) is 24.9 Å². The van der Waals surface area contributed by atoms with Crippen LogP contribution in [0.2, 0.25) is 0 Å². The molecule has 1 saturated heterocycles. The van der Waals surface area contributed by atoms with E-state index >= 15 is 0 Å². The number of hydrogen-bond donors (Lipinski definition) is 1. The predicted molar refractivity (Wildman–Crippen MR) is 127 cm³/mol. The van der Waals surface area contributed by atoms with E-state index in [9.17, 15) is 9.59 Å². The number of piperazine rings is 1. The minimum Gasteiger partial charge on any atom is -0.348 e. The van der Waals surface area contributed by atoms with Gasteiger partial charge in [0, 0.05) is 42.8 Å². The van der Waals surface area contributed by atoms with Gasteiger partial charge in [-0.05, 0) is 55.9 Å². The molecule has 166 valence electrons. The Bertz CT molecular complexity index is 1100. The monoisotopic (exact) mass is 495 g/mol. The van der Waals surface area contributed by atoms with E-state index in [0.29, 0.717) is 17.7 Å². The highest BCUT2D eigenvalue weighted by molar-refractivity contribution is 9.10. The summed E-state index contributed by atoms with van der Waals surface area (Å²) in [5.74, 6) is -0.117. The molecular weight excluding hydrogens is 470 g/mol. The molecule has 1 aromatic heterocycles. The zero-order chi connectivity index (χ0) is 22.7. The first-order chi connectivity index (χ1) is 15.4. The number of nitrogens with one attached hydrogen (secondary N) is 1. The van der Waals surface area contributed by atoms with Crippen LogP contribution in [-0.2, 0) is 6.54 Å². The lowest BCUT2D eigenvalue weighted by Gasteiger charge is -2.32. The van der Waals surface area contributed by atoms with Gasteiger partial charge in [-0.15, -0.1) is 0 Å². The summed E-state index contributed by atoms with van der Waals surface area (Å²) < 4.78 is 2.74. The molecule has 2 amide bonds. The van der Waals surface area contributed by atoms with Gasteiger partial charge in [0.05, 0.1) is 23.1 Å². The highest BCUT2D eigenvalue weighted by Gasteiger charge is 2.20. The highest BCUT2D eigenvalue weighted by atomic mass is 79.9. The molecule has 2 aromatic carbocycles. The number of hydrogen-bond acceptors (Lipinski definition) is 4. The molecule has 4 rings (SSSR count). The van der Waals surface area contributed by atoms with Gasteiger partial charge in [-0.3, -0.25) is 9.59 Å². The number of nitrogens with zero attached hydrogens (tertiary/aromatic N) is 4. The van der Waals surface area contributed by atoms with Crippen molar-refractivity contribution >= 4 is 27.7 Å². The molecule has 0 saturated carbocycles. The van der Waals surface area contributed by atoms with E-state index in [0.717, 1.165) is 47.6 Å². The minimum atomic E-state index is -0.177. The van der Waals surface area contributed by atoms with E-state index in [4.69, 9.17) is 0 Å². The first-order valence-electron chi connectivity index (χ1n) is 10.6. The van der Waals surface area contributed by atoms with Crippen LogP contribution in [0.25, 0.3) is 5.69 Å². The summed E-state index contributed by atoms with van der Waals surface area (Å²) in [6.45, 7) is 5.55. The van der Waals surface area contributed by atoms with Crippen molar-refractivity contribution in [2.45, 2.75) is 13.5 Å². The Morgan fingerprint density at radius 2 is 1.66 bits per heavy atom. The molecule has 1 aliphatic heterocycles. The summed E-state index contributed by atoms with van der Waals surface area (Å²) in [5.41, 5.74) is 3.82. The predicted octanol–water partition coefficient (Wildman–Crippen LogP) is 3.26. The summed E-state index contributed by atoms with van der Waals surface area (Å²) in [6.07, 6.45) is 1.59. The maximum absolute atomic E-state index is 12.7. The third kappa shape index (κ3) is 4.92.